The van der Waals surface area contributed by atoms with Gasteiger partial charge in [0.25, 0.3) is 0 Å². The van der Waals surface area contributed by atoms with Gasteiger partial charge in [-0.3, -0.25) is 0 Å². The summed E-state index contributed by atoms with van der Waals surface area (Å²) in [6.45, 7) is 4.49. The van der Waals surface area contributed by atoms with Crippen LogP contribution in [0.4, 0.5) is 0 Å². The van der Waals surface area contributed by atoms with Crippen LogP contribution >= 0.6 is 0 Å². The summed E-state index contributed by atoms with van der Waals surface area (Å²) in [6, 6.07) is 9.16. The summed E-state index contributed by atoms with van der Waals surface area (Å²) in [5.41, 5.74) is 2.94. The molecule has 1 aromatic carbocycles. The number of hydrogen-bond acceptors (Lipinski definition) is 0. The Balaban J connectivity index is 2.17. The van der Waals surface area contributed by atoms with Gasteiger partial charge in [0, 0.05) is 0 Å². The molecule has 1 aliphatic carbocycles. The summed E-state index contributed by atoms with van der Waals surface area (Å²) in [5, 5.41) is 0. The van der Waals surface area contributed by atoms with E-state index in [0.717, 1.165) is 11.8 Å². The van der Waals surface area contributed by atoms with Crippen LogP contribution in [0.15, 0.2) is 24.3 Å². The fraction of sp³-hybridized carbons (Fsp3) is 0.571. The standard InChI is InChI=1S/C14H20/c1-3-12-5-4-6-14(12)13-9-7-11(2)8-10-13/h7-10,12,14H,3-6H2,1-2H3. The Hall–Kier alpha value is -0.780. The molecule has 2 atom stereocenters. The zero-order valence-corrected chi connectivity index (χ0v) is 9.29. The minimum Gasteiger partial charge on any atom is -0.0651 e. The van der Waals surface area contributed by atoms with E-state index in [1.165, 1.54) is 31.2 Å². The lowest BCUT2D eigenvalue weighted by Gasteiger charge is -2.18. The summed E-state index contributed by atoms with van der Waals surface area (Å²) < 4.78 is 0. The molecule has 0 N–H and O–H groups in total. The molecule has 1 aliphatic rings. The zero-order chi connectivity index (χ0) is 9.97. The second-order valence-corrected chi connectivity index (χ2v) is 4.62. The first kappa shape index (κ1) is 9.76. The number of rotatable bonds is 2. The maximum atomic E-state index is 2.33. The number of hydrogen-bond donors (Lipinski definition) is 0. The molecular formula is C14H20. The van der Waals surface area contributed by atoms with Crippen molar-refractivity contribution in [1.82, 2.24) is 0 Å². The molecule has 0 heteroatoms. The van der Waals surface area contributed by atoms with Crippen LogP contribution in [0.5, 0.6) is 0 Å². The summed E-state index contributed by atoms with van der Waals surface area (Å²) >= 11 is 0. The highest BCUT2D eigenvalue weighted by Crippen LogP contribution is 2.41. The van der Waals surface area contributed by atoms with Gasteiger partial charge in [-0.05, 0) is 37.2 Å². The number of benzene rings is 1. The zero-order valence-electron chi connectivity index (χ0n) is 9.29. The highest BCUT2D eigenvalue weighted by Gasteiger charge is 2.26. The molecule has 0 aliphatic heterocycles. The van der Waals surface area contributed by atoms with E-state index >= 15 is 0 Å². The summed E-state index contributed by atoms with van der Waals surface area (Å²) in [5.74, 6) is 1.79. The van der Waals surface area contributed by atoms with E-state index in [0.29, 0.717) is 0 Å². The third kappa shape index (κ3) is 1.84. The van der Waals surface area contributed by atoms with E-state index in [-0.39, 0.29) is 0 Å². The fourth-order valence-electron chi connectivity index (χ4n) is 2.78. The molecule has 0 aromatic heterocycles. The first-order valence-corrected chi connectivity index (χ1v) is 5.88. The van der Waals surface area contributed by atoms with E-state index in [9.17, 15) is 0 Å². The Bertz CT molecular complexity index is 283. The molecule has 0 heterocycles. The van der Waals surface area contributed by atoms with Crippen molar-refractivity contribution in [1.29, 1.82) is 0 Å². The Morgan fingerprint density at radius 1 is 1.14 bits per heavy atom. The summed E-state index contributed by atoms with van der Waals surface area (Å²) in [7, 11) is 0. The minimum absolute atomic E-state index is 0.848. The Morgan fingerprint density at radius 2 is 1.86 bits per heavy atom. The van der Waals surface area contributed by atoms with Gasteiger partial charge in [0.05, 0.1) is 0 Å². The molecule has 0 radical (unpaired) electrons. The summed E-state index contributed by atoms with van der Waals surface area (Å²) in [4.78, 5) is 0. The lowest BCUT2D eigenvalue weighted by atomic mass is 9.87. The van der Waals surface area contributed by atoms with E-state index < -0.39 is 0 Å². The highest BCUT2D eigenvalue weighted by molar-refractivity contribution is 5.25. The van der Waals surface area contributed by atoms with Crippen LogP contribution in [-0.4, -0.2) is 0 Å². The monoisotopic (exact) mass is 188 g/mol. The van der Waals surface area contributed by atoms with Crippen molar-refractivity contribution in [2.45, 2.75) is 45.4 Å². The molecule has 1 aromatic rings. The Morgan fingerprint density at radius 3 is 2.50 bits per heavy atom. The van der Waals surface area contributed by atoms with Crippen LogP contribution in [0.2, 0.25) is 0 Å². The molecule has 2 rings (SSSR count). The van der Waals surface area contributed by atoms with Gasteiger partial charge in [0.2, 0.25) is 0 Å². The van der Waals surface area contributed by atoms with Crippen molar-refractivity contribution >= 4 is 0 Å². The molecule has 1 saturated carbocycles. The van der Waals surface area contributed by atoms with Crippen LogP contribution in [0.3, 0.4) is 0 Å². The Kier molecular flexibility index (Phi) is 2.90. The predicted octanol–water partition coefficient (Wildman–Crippen LogP) is 4.29. The van der Waals surface area contributed by atoms with Crippen molar-refractivity contribution < 1.29 is 0 Å². The average Bonchev–Trinajstić information content (AvgIpc) is 2.67. The van der Waals surface area contributed by atoms with Crippen LogP contribution in [0, 0.1) is 12.8 Å². The normalized spacial score (nSPS) is 26.7. The lowest BCUT2D eigenvalue weighted by molar-refractivity contribution is 0.470. The molecule has 0 saturated heterocycles. The van der Waals surface area contributed by atoms with Crippen molar-refractivity contribution in [3.63, 3.8) is 0 Å². The predicted molar refractivity (Wildman–Crippen MR) is 61.6 cm³/mol. The fourth-order valence-corrected chi connectivity index (χ4v) is 2.78. The maximum absolute atomic E-state index is 2.33. The molecule has 0 amide bonds. The van der Waals surface area contributed by atoms with Crippen molar-refractivity contribution in [3.8, 4) is 0 Å². The van der Waals surface area contributed by atoms with Crippen molar-refractivity contribution in [2.75, 3.05) is 0 Å². The van der Waals surface area contributed by atoms with Gasteiger partial charge in [0.1, 0.15) is 0 Å². The van der Waals surface area contributed by atoms with Crippen LogP contribution in [0.25, 0.3) is 0 Å². The van der Waals surface area contributed by atoms with E-state index in [1.807, 2.05) is 0 Å². The van der Waals surface area contributed by atoms with Crippen LogP contribution in [0.1, 0.15) is 49.7 Å². The van der Waals surface area contributed by atoms with Crippen molar-refractivity contribution in [3.05, 3.63) is 35.4 Å². The average molecular weight is 188 g/mol. The molecule has 0 bridgehead atoms. The van der Waals surface area contributed by atoms with E-state index in [4.69, 9.17) is 0 Å². The first-order valence-electron chi connectivity index (χ1n) is 5.88. The van der Waals surface area contributed by atoms with Crippen molar-refractivity contribution in [2.24, 2.45) is 5.92 Å². The lowest BCUT2D eigenvalue weighted by Crippen LogP contribution is -2.04. The number of aryl methyl sites for hydroxylation is 1. The van der Waals surface area contributed by atoms with Gasteiger partial charge in [-0.15, -0.1) is 0 Å². The third-order valence-electron chi connectivity index (χ3n) is 3.69. The molecule has 0 nitrogen and oxygen atoms in total. The largest absolute Gasteiger partial charge is 0.0651 e. The quantitative estimate of drug-likeness (QED) is 0.649. The Labute approximate surface area is 87.3 Å². The van der Waals surface area contributed by atoms with E-state index in [1.54, 1.807) is 5.56 Å². The second-order valence-electron chi connectivity index (χ2n) is 4.62. The summed E-state index contributed by atoms with van der Waals surface area (Å²) in [6.07, 6.45) is 5.62. The molecule has 2 unspecified atom stereocenters. The second kappa shape index (κ2) is 4.16. The topological polar surface area (TPSA) is 0 Å². The smallest absolute Gasteiger partial charge is 0.0134 e. The van der Waals surface area contributed by atoms with Gasteiger partial charge < -0.3 is 0 Å². The van der Waals surface area contributed by atoms with Gasteiger partial charge in [-0.1, -0.05) is 49.6 Å². The highest BCUT2D eigenvalue weighted by atomic mass is 14.3. The molecular weight excluding hydrogens is 168 g/mol. The van der Waals surface area contributed by atoms with Gasteiger partial charge >= 0.3 is 0 Å². The first-order chi connectivity index (χ1) is 6.81. The molecule has 1 fully saturated rings. The SMILES string of the molecule is CCC1CCCC1c1ccc(C)cc1. The minimum atomic E-state index is 0.848. The molecule has 0 spiro atoms. The third-order valence-corrected chi connectivity index (χ3v) is 3.69. The van der Waals surface area contributed by atoms with Gasteiger partial charge in [-0.2, -0.15) is 0 Å². The molecule has 14 heavy (non-hydrogen) atoms. The van der Waals surface area contributed by atoms with Crippen LogP contribution in [-0.2, 0) is 0 Å². The van der Waals surface area contributed by atoms with Gasteiger partial charge in [-0.25, -0.2) is 0 Å². The maximum Gasteiger partial charge on any atom is -0.0134 e. The van der Waals surface area contributed by atoms with Gasteiger partial charge in [0.15, 0.2) is 0 Å². The molecule has 76 valence electrons. The van der Waals surface area contributed by atoms with Crippen LogP contribution < -0.4 is 0 Å². The van der Waals surface area contributed by atoms with E-state index in [2.05, 4.69) is 38.1 Å².